The number of carbonyl (C=O) groups is 1. The zero-order chi connectivity index (χ0) is 28.9. The zero-order valence-electron chi connectivity index (χ0n) is 23.6. The molecule has 1 saturated carbocycles. The average molecular weight is 600 g/mol. The largest absolute Gasteiger partial charge is 0.490 e. The summed E-state index contributed by atoms with van der Waals surface area (Å²) in [7, 11) is -2.36. The van der Waals surface area contributed by atoms with Crippen LogP contribution in [0.5, 0.6) is 5.75 Å². The lowest BCUT2D eigenvalue weighted by Crippen LogP contribution is -2.49. The van der Waals surface area contributed by atoms with Gasteiger partial charge in [-0.1, -0.05) is 29.8 Å². The quantitative estimate of drug-likeness (QED) is 0.443. The van der Waals surface area contributed by atoms with Crippen molar-refractivity contribution >= 4 is 33.2 Å². The minimum Gasteiger partial charge on any atom is -0.490 e. The van der Waals surface area contributed by atoms with Crippen molar-refractivity contribution in [2.45, 2.75) is 61.5 Å². The zero-order valence-corrected chi connectivity index (χ0v) is 25.1. The summed E-state index contributed by atoms with van der Waals surface area (Å²) in [4.78, 5) is 17.0. The van der Waals surface area contributed by atoms with E-state index in [9.17, 15) is 18.3 Å². The summed E-state index contributed by atoms with van der Waals surface area (Å²) in [5.74, 6) is 0.374. The van der Waals surface area contributed by atoms with Crippen LogP contribution in [0.15, 0.2) is 53.4 Å². The van der Waals surface area contributed by atoms with Gasteiger partial charge in [-0.15, -0.1) is 0 Å². The summed E-state index contributed by atoms with van der Waals surface area (Å²) in [6, 6.07) is 10.3. The molecule has 10 heteroatoms. The molecule has 0 saturated heterocycles. The highest BCUT2D eigenvalue weighted by atomic mass is 35.5. The monoisotopic (exact) mass is 599 g/mol. The summed E-state index contributed by atoms with van der Waals surface area (Å²) in [5, 5.41) is 11.8. The number of ether oxygens (including phenoxy) is 1. The lowest BCUT2D eigenvalue weighted by atomic mass is 9.68. The first kappa shape index (κ1) is 28.5. The molecule has 1 fully saturated rings. The molecule has 8 nitrogen and oxygen atoms in total. The van der Waals surface area contributed by atoms with Crippen LogP contribution in [-0.4, -0.2) is 69.8 Å². The maximum atomic E-state index is 13.4. The Kier molecular flexibility index (Phi) is 7.59. The average Bonchev–Trinajstić information content (AvgIpc) is 3.06. The molecule has 41 heavy (non-hydrogen) atoms. The van der Waals surface area contributed by atoms with Gasteiger partial charge in [0.1, 0.15) is 5.75 Å². The minimum atomic E-state index is -4.12. The van der Waals surface area contributed by atoms with Gasteiger partial charge >= 0.3 is 0 Å². The predicted molar refractivity (Wildman–Crippen MR) is 159 cm³/mol. The number of hydrogen-bond acceptors (Lipinski definition) is 7. The van der Waals surface area contributed by atoms with Crippen LogP contribution in [-0.2, 0) is 26.7 Å². The minimum absolute atomic E-state index is 0.0250. The third-order valence-corrected chi connectivity index (χ3v) is 11.3. The highest BCUT2D eigenvalue weighted by Gasteiger charge is 2.44. The maximum Gasteiger partial charge on any atom is 0.264 e. The van der Waals surface area contributed by atoms with E-state index in [1.165, 1.54) is 17.2 Å². The molecule has 0 radical (unpaired) electrons. The molecular formula is C31H38ClN3O5S. The number of nitrogens with zero attached hydrogens (tertiary/aromatic N) is 2. The lowest BCUT2D eigenvalue weighted by Gasteiger charge is -2.45. The van der Waals surface area contributed by atoms with Crippen molar-refractivity contribution in [2.75, 3.05) is 38.2 Å². The Morgan fingerprint density at radius 3 is 2.78 bits per heavy atom. The Morgan fingerprint density at radius 1 is 1.17 bits per heavy atom. The standard InChI is InChI=1S/C31H38ClN3O5S/c1-20-30(37)33-41(38,39)24-9-12-29-27(16-24)35(17-22-7-10-25(22)28(36)6-4-14-34(20)2)18-31(19-40-29)13-3-5-21-15-23(32)8-11-26(21)31/h4,6,8-9,11-12,15-16,20,22,25,28,36H,3,5,7,10,13-14,17-19H2,1-2H3,(H,33,37)/t20-,22-,25+,28-,31-/m0/s1. The number of aryl methyl sites for hydroxylation is 1. The molecule has 2 N–H and O–H groups in total. The molecule has 2 heterocycles. The molecule has 2 bridgehead atoms. The van der Waals surface area contributed by atoms with Gasteiger partial charge in [0.15, 0.2) is 0 Å². The van der Waals surface area contributed by atoms with Gasteiger partial charge in [-0.05, 0) is 99.4 Å². The van der Waals surface area contributed by atoms with E-state index in [0.29, 0.717) is 37.7 Å². The van der Waals surface area contributed by atoms with E-state index in [0.717, 1.165) is 37.1 Å². The normalized spacial score (nSPS) is 31.7. The SMILES string of the molecule is C[C@H]1C(=O)NS(=O)(=O)c2ccc3c(c2)N(C[C@@H]2CC[C@H]2[C@@H](O)C=CCN1C)C[C@@]1(CCCc2cc(Cl)ccc21)CO3. The van der Waals surface area contributed by atoms with Crippen LogP contribution in [0.25, 0.3) is 0 Å². The number of benzene rings is 2. The molecule has 5 atom stereocenters. The van der Waals surface area contributed by atoms with E-state index < -0.39 is 28.1 Å². The molecule has 2 aromatic rings. The van der Waals surface area contributed by atoms with Gasteiger partial charge < -0.3 is 14.7 Å². The molecule has 2 aromatic carbocycles. The molecule has 0 unspecified atom stereocenters. The highest BCUT2D eigenvalue weighted by Crippen LogP contribution is 2.47. The fraction of sp³-hybridized carbons (Fsp3) is 0.516. The van der Waals surface area contributed by atoms with Crippen molar-refractivity contribution in [3.63, 3.8) is 0 Å². The molecule has 0 aromatic heterocycles. The van der Waals surface area contributed by atoms with E-state index in [1.54, 1.807) is 31.0 Å². The predicted octanol–water partition coefficient (Wildman–Crippen LogP) is 3.90. The van der Waals surface area contributed by atoms with E-state index in [-0.39, 0.29) is 22.1 Å². The van der Waals surface area contributed by atoms with E-state index in [1.807, 2.05) is 18.2 Å². The number of fused-ring (bicyclic) bond motifs is 4. The van der Waals surface area contributed by atoms with E-state index >= 15 is 0 Å². The number of halogens is 1. The molecule has 2 aliphatic heterocycles. The Bertz CT molecular complexity index is 1480. The number of likely N-dealkylation sites (N-methyl/N-ethyl adjacent to an activating group) is 1. The van der Waals surface area contributed by atoms with Crippen LogP contribution >= 0.6 is 11.6 Å². The fourth-order valence-corrected chi connectivity index (χ4v) is 8.22. The van der Waals surface area contributed by atoms with Gasteiger partial charge in [-0.2, -0.15) is 0 Å². The second kappa shape index (κ2) is 10.9. The summed E-state index contributed by atoms with van der Waals surface area (Å²) in [6.45, 7) is 3.88. The Labute approximate surface area is 247 Å². The number of hydrogen-bond donors (Lipinski definition) is 2. The molecule has 1 spiro atoms. The maximum absolute atomic E-state index is 13.4. The van der Waals surface area contributed by atoms with Crippen molar-refractivity contribution in [3.05, 3.63) is 64.7 Å². The van der Waals surface area contributed by atoms with Gasteiger partial charge in [0.2, 0.25) is 0 Å². The van der Waals surface area contributed by atoms with E-state index in [4.69, 9.17) is 16.3 Å². The Morgan fingerprint density at radius 2 is 2.00 bits per heavy atom. The number of sulfonamides is 1. The van der Waals surface area contributed by atoms with Crippen LogP contribution in [0.2, 0.25) is 5.02 Å². The molecular weight excluding hydrogens is 562 g/mol. The summed E-state index contributed by atoms with van der Waals surface area (Å²) >= 11 is 6.37. The van der Waals surface area contributed by atoms with Gasteiger partial charge in [-0.3, -0.25) is 9.69 Å². The highest BCUT2D eigenvalue weighted by molar-refractivity contribution is 7.90. The number of aliphatic hydroxyl groups is 1. The van der Waals surface area contributed by atoms with Crippen LogP contribution in [0.3, 0.4) is 0 Å². The number of anilines is 1. The Balaban J connectivity index is 1.44. The van der Waals surface area contributed by atoms with Crippen molar-refractivity contribution in [1.82, 2.24) is 9.62 Å². The first-order valence-corrected chi connectivity index (χ1v) is 16.3. The summed E-state index contributed by atoms with van der Waals surface area (Å²) < 4.78 is 35.6. The van der Waals surface area contributed by atoms with Gasteiger partial charge in [0.25, 0.3) is 15.9 Å². The molecule has 220 valence electrons. The summed E-state index contributed by atoms with van der Waals surface area (Å²) in [5.41, 5.74) is 2.88. The van der Waals surface area contributed by atoms with Crippen molar-refractivity contribution in [1.29, 1.82) is 0 Å². The van der Waals surface area contributed by atoms with Gasteiger partial charge in [0, 0.05) is 30.1 Å². The second-order valence-corrected chi connectivity index (χ2v) is 14.4. The fourth-order valence-electron chi connectivity index (χ4n) is 6.96. The Hall–Kier alpha value is -2.59. The first-order chi connectivity index (χ1) is 19.6. The smallest absolute Gasteiger partial charge is 0.264 e. The number of rotatable bonds is 0. The molecule has 6 rings (SSSR count). The number of aliphatic hydroxyl groups excluding tert-OH is 1. The third-order valence-electron chi connectivity index (χ3n) is 9.69. The number of nitrogens with one attached hydrogen (secondary N) is 1. The first-order valence-electron chi connectivity index (χ1n) is 14.5. The molecule has 1 amide bonds. The van der Waals surface area contributed by atoms with Crippen LogP contribution in [0, 0.1) is 11.8 Å². The lowest BCUT2D eigenvalue weighted by molar-refractivity contribution is -0.123. The van der Waals surface area contributed by atoms with Gasteiger partial charge in [0.05, 0.1) is 29.3 Å². The van der Waals surface area contributed by atoms with Crippen LogP contribution < -0.4 is 14.4 Å². The summed E-state index contributed by atoms with van der Waals surface area (Å²) in [6.07, 6.45) is 7.94. The number of carbonyl (C=O) groups excluding carboxylic acids is 1. The second-order valence-electron chi connectivity index (χ2n) is 12.2. The van der Waals surface area contributed by atoms with Crippen molar-refractivity contribution in [3.8, 4) is 5.75 Å². The van der Waals surface area contributed by atoms with Gasteiger partial charge in [-0.25, -0.2) is 13.1 Å². The third kappa shape index (κ3) is 5.38. The molecule has 2 aliphatic carbocycles. The van der Waals surface area contributed by atoms with Crippen LogP contribution in [0.1, 0.15) is 43.7 Å². The van der Waals surface area contributed by atoms with Crippen molar-refractivity contribution < 1.29 is 23.1 Å². The van der Waals surface area contributed by atoms with E-state index in [2.05, 4.69) is 21.8 Å². The topological polar surface area (TPSA) is 99.2 Å². The number of amides is 1. The van der Waals surface area contributed by atoms with Crippen molar-refractivity contribution in [2.24, 2.45) is 11.8 Å². The van der Waals surface area contributed by atoms with Crippen LogP contribution in [0.4, 0.5) is 5.69 Å². The molecule has 4 aliphatic rings.